The maximum Gasteiger partial charge on any atom is 0.311 e. The SMILES string of the molecule is CCCCC(=O)Oc1cccc2c1C(=O)c1c(cc(CBr)c3c(=O)cc(C(C)Br)oc13)C2=O. The van der Waals surface area contributed by atoms with Crippen molar-refractivity contribution in [2.75, 3.05) is 0 Å². The molecule has 0 saturated heterocycles. The zero-order valence-electron chi connectivity index (χ0n) is 18.0. The lowest BCUT2D eigenvalue weighted by molar-refractivity contribution is -0.134. The third-order valence-electron chi connectivity index (χ3n) is 5.57. The molecule has 0 radical (unpaired) electrons. The largest absolute Gasteiger partial charge is 0.459 e. The highest BCUT2D eigenvalue weighted by Gasteiger charge is 2.36. The average molecular weight is 576 g/mol. The molecule has 6 nitrogen and oxygen atoms in total. The number of ether oxygens (including phenoxy) is 1. The van der Waals surface area contributed by atoms with E-state index in [2.05, 4.69) is 31.9 Å². The van der Waals surface area contributed by atoms with E-state index >= 15 is 0 Å². The first-order valence-corrected chi connectivity index (χ1v) is 12.6. The molecule has 0 bridgehead atoms. The molecule has 170 valence electrons. The van der Waals surface area contributed by atoms with Gasteiger partial charge in [0.15, 0.2) is 11.2 Å². The van der Waals surface area contributed by atoms with Crippen molar-refractivity contribution < 1.29 is 23.5 Å². The molecule has 3 aromatic rings. The van der Waals surface area contributed by atoms with Crippen LogP contribution in [0.15, 0.2) is 39.5 Å². The van der Waals surface area contributed by atoms with E-state index in [0.717, 1.165) is 6.42 Å². The number of alkyl halides is 2. The number of carbonyl (C=O) groups is 3. The summed E-state index contributed by atoms with van der Waals surface area (Å²) in [5, 5.41) is 0.540. The fraction of sp³-hybridized carbons (Fsp3) is 0.280. The highest BCUT2D eigenvalue weighted by atomic mass is 79.9. The molecule has 0 N–H and O–H groups in total. The van der Waals surface area contributed by atoms with Crippen molar-refractivity contribution in [1.82, 2.24) is 0 Å². The van der Waals surface area contributed by atoms with Gasteiger partial charge in [-0.2, -0.15) is 0 Å². The predicted molar refractivity (Wildman–Crippen MR) is 131 cm³/mol. The van der Waals surface area contributed by atoms with Crippen molar-refractivity contribution in [2.24, 2.45) is 0 Å². The fourth-order valence-electron chi connectivity index (χ4n) is 3.94. The van der Waals surface area contributed by atoms with Gasteiger partial charge >= 0.3 is 5.97 Å². The number of fused-ring (bicyclic) bond motifs is 4. The van der Waals surface area contributed by atoms with Crippen molar-refractivity contribution in [1.29, 1.82) is 0 Å². The molecule has 1 aromatic heterocycles. The standard InChI is InChI=1S/C25H20Br2O6/c1-3-4-8-19(29)32-17-7-5-6-14-21(17)24(31)22-15(23(14)30)9-13(11-26)20-16(28)10-18(12(2)27)33-25(20)22/h5-7,9-10,12H,3-4,8,11H2,1-2H3. The number of hydrogen-bond acceptors (Lipinski definition) is 6. The molecule has 0 aliphatic heterocycles. The smallest absolute Gasteiger partial charge is 0.311 e. The van der Waals surface area contributed by atoms with Crippen molar-refractivity contribution in [2.45, 2.75) is 43.3 Å². The summed E-state index contributed by atoms with van der Waals surface area (Å²) in [6, 6.07) is 7.55. The Bertz CT molecular complexity index is 1370. The van der Waals surface area contributed by atoms with Gasteiger partial charge in [-0.25, -0.2) is 0 Å². The molecule has 1 heterocycles. The van der Waals surface area contributed by atoms with Gasteiger partial charge in [-0.1, -0.05) is 57.3 Å². The van der Waals surface area contributed by atoms with Gasteiger partial charge in [0, 0.05) is 28.9 Å². The molecule has 4 rings (SSSR count). The quantitative estimate of drug-likeness (QED) is 0.159. The zero-order valence-corrected chi connectivity index (χ0v) is 21.2. The maximum absolute atomic E-state index is 13.7. The lowest BCUT2D eigenvalue weighted by atomic mass is 9.81. The number of carbonyl (C=O) groups excluding carboxylic acids is 3. The van der Waals surface area contributed by atoms with Gasteiger partial charge in [0.25, 0.3) is 0 Å². The van der Waals surface area contributed by atoms with Crippen LogP contribution in [-0.2, 0) is 10.1 Å². The third kappa shape index (κ3) is 4.10. The Labute approximate surface area is 206 Å². The number of rotatable bonds is 6. The minimum absolute atomic E-state index is 0.00711. The van der Waals surface area contributed by atoms with Gasteiger partial charge in [0.1, 0.15) is 17.1 Å². The molecule has 0 amide bonds. The summed E-state index contributed by atoms with van der Waals surface area (Å²) in [5.74, 6) is -1.02. The first-order valence-electron chi connectivity index (χ1n) is 10.5. The Balaban J connectivity index is 1.98. The lowest BCUT2D eigenvalue weighted by Gasteiger charge is -2.22. The third-order valence-corrected chi connectivity index (χ3v) is 6.62. The van der Waals surface area contributed by atoms with E-state index in [-0.39, 0.29) is 55.6 Å². The van der Waals surface area contributed by atoms with Crippen molar-refractivity contribution in [3.63, 3.8) is 0 Å². The van der Waals surface area contributed by atoms with E-state index in [4.69, 9.17) is 9.15 Å². The molecule has 2 aromatic carbocycles. The van der Waals surface area contributed by atoms with Gasteiger partial charge in [-0.15, -0.1) is 0 Å². The minimum Gasteiger partial charge on any atom is -0.459 e. The summed E-state index contributed by atoms with van der Waals surface area (Å²) in [5.41, 5.74) is 0.640. The highest BCUT2D eigenvalue weighted by molar-refractivity contribution is 9.09. The topological polar surface area (TPSA) is 90.7 Å². The maximum atomic E-state index is 13.7. The van der Waals surface area contributed by atoms with Crippen molar-refractivity contribution in [3.05, 3.63) is 74.1 Å². The molecular weight excluding hydrogens is 556 g/mol. The van der Waals surface area contributed by atoms with Crippen LogP contribution in [0.2, 0.25) is 0 Å². The summed E-state index contributed by atoms with van der Waals surface area (Å²) in [4.78, 5) is 52.1. The normalized spacial score (nSPS) is 13.6. The summed E-state index contributed by atoms with van der Waals surface area (Å²) < 4.78 is 11.5. The first kappa shape index (κ1) is 23.6. The molecular formula is C25H20Br2O6. The lowest BCUT2D eigenvalue weighted by Crippen LogP contribution is -2.24. The van der Waals surface area contributed by atoms with E-state index in [1.807, 2.05) is 6.92 Å². The van der Waals surface area contributed by atoms with Crippen LogP contribution in [0.5, 0.6) is 5.75 Å². The highest BCUT2D eigenvalue weighted by Crippen LogP contribution is 2.38. The summed E-state index contributed by atoms with van der Waals surface area (Å²) in [6.07, 6.45) is 1.68. The molecule has 1 atom stereocenters. The van der Waals surface area contributed by atoms with Crippen LogP contribution in [0, 0.1) is 0 Å². The molecule has 0 fully saturated rings. The zero-order chi connectivity index (χ0) is 23.9. The molecule has 1 unspecified atom stereocenters. The van der Waals surface area contributed by atoms with Crippen LogP contribution in [0.4, 0.5) is 0 Å². The van der Waals surface area contributed by atoms with Crippen LogP contribution < -0.4 is 10.2 Å². The monoisotopic (exact) mass is 574 g/mol. The molecule has 0 saturated carbocycles. The van der Waals surface area contributed by atoms with E-state index in [9.17, 15) is 19.2 Å². The van der Waals surface area contributed by atoms with Crippen LogP contribution in [0.25, 0.3) is 11.0 Å². The van der Waals surface area contributed by atoms with Gasteiger partial charge in [0.2, 0.25) is 5.78 Å². The number of esters is 1. The van der Waals surface area contributed by atoms with Crippen LogP contribution in [0.1, 0.15) is 81.1 Å². The van der Waals surface area contributed by atoms with Crippen LogP contribution in [-0.4, -0.2) is 17.5 Å². The van der Waals surface area contributed by atoms with Crippen molar-refractivity contribution >= 4 is 60.4 Å². The Morgan fingerprint density at radius 1 is 1.09 bits per heavy atom. The summed E-state index contributed by atoms with van der Waals surface area (Å²) >= 11 is 6.77. The number of ketones is 2. The second-order valence-electron chi connectivity index (χ2n) is 7.84. The Morgan fingerprint density at radius 3 is 2.52 bits per heavy atom. The minimum atomic E-state index is -0.521. The van der Waals surface area contributed by atoms with Gasteiger partial charge in [0.05, 0.1) is 21.3 Å². The number of halogens is 2. The molecule has 1 aliphatic rings. The van der Waals surface area contributed by atoms with E-state index in [0.29, 0.717) is 23.1 Å². The first-order chi connectivity index (χ1) is 15.8. The van der Waals surface area contributed by atoms with E-state index in [1.54, 1.807) is 19.1 Å². The average Bonchev–Trinajstić information content (AvgIpc) is 2.79. The molecule has 1 aliphatic carbocycles. The van der Waals surface area contributed by atoms with Crippen LogP contribution in [0.3, 0.4) is 0 Å². The fourth-order valence-corrected chi connectivity index (χ4v) is 4.61. The Hall–Kier alpha value is -2.58. The molecule has 33 heavy (non-hydrogen) atoms. The van der Waals surface area contributed by atoms with Gasteiger partial charge in [-0.3, -0.25) is 19.2 Å². The van der Waals surface area contributed by atoms with E-state index < -0.39 is 17.5 Å². The second-order valence-corrected chi connectivity index (χ2v) is 9.77. The summed E-state index contributed by atoms with van der Waals surface area (Å²) in [7, 11) is 0. The molecule has 0 spiro atoms. The van der Waals surface area contributed by atoms with Gasteiger partial charge in [-0.05, 0) is 31.0 Å². The number of unbranched alkanes of at least 4 members (excludes halogenated alkanes) is 1. The molecule has 8 heteroatoms. The summed E-state index contributed by atoms with van der Waals surface area (Å²) in [6.45, 7) is 3.75. The van der Waals surface area contributed by atoms with Crippen molar-refractivity contribution in [3.8, 4) is 5.75 Å². The number of hydrogen-bond donors (Lipinski definition) is 0. The Kier molecular flexibility index (Phi) is 6.68. The van der Waals surface area contributed by atoms with E-state index in [1.165, 1.54) is 18.2 Å². The predicted octanol–water partition coefficient (Wildman–Crippen LogP) is 6.01. The van der Waals surface area contributed by atoms with Gasteiger partial charge < -0.3 is 9.15 Å². The number of benzene rings is 2. The Morgan fingerprint density at radius 2 is 1.85 bits per heavy atom. The van der Waals surface area contributed by atoms with Crippen LogP contribution >= 0.6 is 31.9 Å². The second kappa shape index (κ2) is 9.35.